The van der Waals surface area contributed by atoms with E-state index >= 15 is 0 Å². The van der Waals surface area contributed by atoms with Crippen LogP contribution in [0, 0.1) is 15.3 Å². The van der Waals surface area contributed by atoms with E-state index in [-0.39, 0.29) is 4.74 Å². The summed E-state index contributed by atoms with van der Waals surface area (Å²) in [6.07, 6.45) is 0. The van der Waals surface area contributed by atoms with Crippen molar-refractivity contribution in [1.82, 2.24) is 5.01 Å². The monoisotopic (exact) mass is 231 g/mol. The van der Waals surface area contributed by atoms with Crippen LogP contribution in [0.25, 0.3) is 0 Å². The Morgan fingerprint density at radius 2 is 1.88 bits per heavy atom. The molecule has 90 valence electrons. The van der Waals surface area contributed by atoms with Gasteiger partial charge >= 0.3 is 11.7 Å². The Balaban J connectivity index is 3.47. The molecule has 0 unspecified atom stereocenters. The summed E-state index contributed by atoms with van der Waals surface area (Å²) < 4.78 is 0.179. The zero-order chi connectivity index (χ0) is 12.9. The van der Waals surface area contributed by atoms with Gasteiger partial charge in [-0.05, 0) is 18.9 Å². The minimum absolute atomic E-state index is 0.179. The quantitative estimate of drug-likeness (QED) is 0.311. The van der Waals surface area contributed by atoms with Crippen molar-refractivity contribution in [3.63, 3.8) is 0 Å². The molecule has 1 aliphatic heterocycles. The molecule has 1 N–H and O–H groups in total. The van der Waals surface area contributed by atoms with E-state index in [4.69, 9.17) is 5.11 Å². The number of hydrogen-bond acceptors (Lipinski definition) is 4. The number of hydroxylamine groups is 1. The summed E-state index contributed by atoms with van der Waals surface area (Å²) in [5.74, 6) is -1.45. The van der Waals surface area contributed by atoms with Crippen LogP contribution in [-0.2, 0) is 4.79 Å². The lowest BCUT2D eigenvalue weighted by Gasteiger charge is -2.27. The Hall–Kier alpha value is -1.86. The largest absolute Gasteiger partial charge is 0.621 e. The SMILES string of the molecule is CC1(C)C(C(=O)O)=[N+]([O-])C(C)(C)N1[N+](=O)[O-]. The Morgan fingerprint density at radius 3 is 2.06 bits per heavy atom. The molecular weight excluding hydrogens is 218 g/mol. The first-order valence-corrected chi connectivity index (χ1v) is 4.57. The lowest BCUT2D eigenvalue weighted by Crippen LogP contribution is -2.57. The van der Waals surface area contributed by atoms with Gasteiger partial charge < -0.3 is 10.3 Å². The molecule has 0 aromatic rings. The van der Waals surface area contributed by atoms with E-state index in [0.717, 1.165) is 0 Å². The zero-order valence-corrected chi connectivity index (χ0v) is 9.42. The predicted octanol–water partition coefficient (Wildman–Crippen LogP) is 0.0443. The predicted molar refractivity (Wildman–Crippen MR) is 53.3 cm³/mol. The molecule has 0 aromatic carbocycles. The third kappa shape index (κ3) is 1.29. The third-order valence-corrected chi connectivity index (χ3v) is 2.69. The van der Waals surface area contributed by atoms with Crippen molar-refractivity contribution in [1.29, 1.82) is 0 Å². The molecule has 0 aliphatic carbocycles. The second kappa shape index (κ2) is 3.06. The number of hydrazine groups is 1. The molecule has 0 saturated heterocycles. The molecule has 0 radical (unpaired) electrons. The summed E-state index contributed by atoms with van der Waals surface area (Å²) in [6, 6.07) is 0. The van der Waals surface area contributed by atoms with Gasteiger partial charge in [0, 0.05) is 13.8 Å². The fraction of sp³-hybridized carbons (Fsp3) is 0.750. The van der Waals surface area contributed by atoms with Gasteiger partial charge in [0.1, 0.15) is 0 Å². The van der Waals surface area contributed by atoms with Gasteiger partial charge in [-0.15, -0.1) is 0 Å². The van der Waals surface area contributed by atoms with Crippen molar-refractivity contribution >= 4 is 11.7 Å². The number of nitrogens with zero attached hydrogens (tertiary/aromatic N) is 3. The summed E-state index contributed by atoms with van der Waals surface area (Å²) in [7, 11) is 0. The third-order valence-electron chi connectivity index (χ3n) is 2.69. The van der Waals surface area contributed by atoms with Gasteiger partial charge in [-0.25, -0.2) is 14.9 Å². The molecule has 0 saturated carbocycles. The molecule has 0 aromatic heterocycles. The summed E-state index contributed by atoms with van der Waals surface area (Å²) in [6.45, 7) is 5.28. The molecule has 1 aliphatic rings. The number of rotatable bonds is 2. The van der Waals surface area contributed by atoms with E-state index in [9.17, 15) is 20.1 Å². The highest BCUT2D eigenvalue weighted by molar-refractivity contribution is 6.37. The van der Waals surface area contributed by atoms with E-state index in [2.05, 4.69) is 0 Å². The van der Waals surface area contributed by atoms with Gasteiger partial charge in [-0.3, -0.25) is 0 Å². The van der Waals surface area contributed by atoms with Crippen molar-refractivity contribution in [2.24, 2.45) is 0 Å². The molecule has 1 heterocycles. The highest BCUT2D eigenvalue weighted by Gasteiger charge is 2.65. The molecule has 16 heavy (non-hydrogen) atoms. The molecule has 1 rings (SSSR count). The molecule has 0 amide bonds. The van der Waals surface area contributed by atoms with E-state index in [1.54, 1.807) is 0 Å². The Morgan fingerprint density at radius 1 is 1.44 bits per heavy atom. The average molecular weight is 231 g/mol. The van der Waals surface area contributed by atoms with Crippen LogP contribution in [0.4, 0.5) is 0 Å². The van der Waals surface area contributed by atoms with Crippen LogP contribution < -0.4 is 0 Å². The van der Waals surface area contributed by atoms with E-state index < -0.39 is 27.9 Å². The highest BCUT2D eigenvalue weighted by Crippen LogP contribution is 2.33. The van der Waals surface area contributed by atoms with Gasteiger partial charge in [-0.1, -0.05) is 0 Å². The smallest absolute Gasteiger partial charge is 0.400 e. The van der Waals surface area contributed by atoms with E-state index in [1.807, 2.05) is 0 Å². The van der Waals surface area contributed by atoms with Gasteiger partial charge in [-0.2, -0.15) is 4.74 Å². The van der Waals surface area contributed by atoms with Crippen LogP contribution in [0.3, 0.4) is 0 Å². The minimum atomic E-state index is -1.53. The van der Waals surface area contributed by atoms with Crippen molar-refractivity contribution in [3.8, 4) is 0 Å². The molecule has 0 atom stereocenters. The molecule has 0 bridgehead atoms. The van der Waals surface area contributed by atoms with Crippen LogP contribution in [-0.4, -0.2) is 42.8 Å². The van der Waals surface area contributed by atoms with Crippen molar-refractivity contribution in [3.05, 3.63) is 15.3 Å². The second-order valence-electron chi connectivity index (χ2n) is 4.55. The molecule has 8 nitrogen and oxygen atoms in total. The summed E-state index contributed by atoms with van der Waals surface area (Å²) in [5, 5.41) is 31.5. The molecular formula is C8H13N3O5. The zero-order valence-electron chi connectivity index (χ0n) is 9.42. The van der Waals surface area contributed by atoms with Gasteiger partial charge in [0.25, 0.3) is 5.66 Å². The molecule has 0 spiro atoms. The summed E-state index contributed by atoms with van der Waals surface area (Å²) in [4.78, 5) is 21.9. The van der Waals surface area contributed by atoms with E-state index in [1.165, 1.54) is 27.7 Å². The topological polar surface area (TPSA) is 110 Å². The first-order chi connectivity index (χ1) is 7.04. The lowest BCUT2D eigenvalue weighted by atomic mass is 9.98. The maximum atomic E-state index is 11.8. The first-order valence-electron chi connectivity index (χ1n) is 4.57. The fourth-order valence-corrected chi connectivity index (χ4v) is 2.14. The number of carboxylic acid groups (broad SMARTS) is 1. The Labute approximate surface area is 91.5 Å². The van der Waals surface area contributed by atoms with Gasteiger partial charge in [0.05, 0.1) is 0 Å². The van der Waals surface area contributed by atoms with Crippen molar-refractivity contribution < 1.29 is 19.7 Å². The van der Waals surface area contributed by atoms with Crippen LogP contribution in [0.1, 0.15) is 27.7 Å². The number of carboxylic acids is 1. The first kappa shape index (κ1) is 12.2. The number of hydrogen-bond donors (Lipinski definition) is 1. The van der Waals surface area contributed by atoms with Gasteiger partial charge in [0.15, 0.2) is 10.6 Å². The second-order valence-corrected chi connectivity index (χ2v) is 4.55. The molecule has 0 fully saturated rings. The maximum Gasteiger partial charge on any atom is 0.400 e. The minimum Gasteiger partial charge on any atom is -0.621 e. The highest BCUT2D eigenvalue weighted by atomic mass is 16.7. The summed E-state index contributed by atoms with van der Waals surface area (Å²) >= 11 is 0. The fourth-order valence-electron chi connectivity index (χ4n) is 2.14. The summed E-state index contributed by atoms with van der Waals surface area (Å²) in [5.41, 5.74) is -3.52. The normalized spacial score (nSPS) is 22.4. The average Bonchev–Trinajstić information content (AvgIpc) is 2.12. The standard InChI is InChI=1S/C8H13N3O5/c1-7(2)5(6(12)13)9(14)8(3,4)10(7)11(15)16/h1-4H3,(H,12,13). The van der Waals surface area contributed by atoms with Crippen LogP contribution >= 0.6 is 0 Å². The van der Waals surface area contributed by atoms with Crippen molar-refractivity contribution in [2.45, 2.75) is 38.9 Å². The van der Waals surface area contributed by atoms with Gasteiger partial charge in [0.2, 0.25) is 0 Å². The molecule has 8 heteroatoms. The van der Waals surface area contributed by atoms with Crippen molar-refractivity contribution in [2.75, 3.05) is 0 Å². The Bertz CT molecular complexity index is 398. The van der Waals surface area contributed by atoms with Crippen LogP contribution in [0.5, 0.6) is 0 Å². The number of nitro groups is 1. The Kier molecular flexibility index (Phi) is 2.34. The number of carbonyl (C=O) groups is 1. The van der Waals surface area contributed by atoms with Crippen LogP contribution in [0.2, 0.25) is 0 Å². The number of aliphatic carboxylic acids is 1. The lowest BCUT2D eigenvalue weighted by molar-refractivity contribution is -0.742. The van der Waals surface area contributed by atoms with E-state index in [0.29, 0.717) is 5.01 Å². The maximum absolute atomic E-state index is 11.8. The van der Waals surface area contributed by atoms with Crippen LogP contribution in [0.15, 0.2) is 0 Å².